The van der Waals surface area contributed by atoms with Crippen LogP contribution in [0.25, 0.3) is 11.0 Å². The van der Waals surface area contributed by atoms with Crippen LogP contribution in [0.3, 0.4) is 0 Å². The zero-order valence-corrected chi connectivity index (χ0v) is 17.0. The number of nitrogens with zero attached hydrogens (tertiary/aromatic N) is 3. The molecule has 0 bridgehead atoms. The summed E-state index contributed by atoms with van der Waals surface area (Å²) >= 11 is 3.35. The van der Waals surface area contributed by atoms with Crippen LogP contribution in [0.5, 0.6) is 0 Å². The average Bonchev–Trinajstić information content (AvgIpc) is 2.64. The maximum atomic E-state index is 12.6. The van der Waals surface area contributed by atoms with E-state index in [2.05, 4.69) is 21.2 Å². The van der Waals surface area contributed by atoms with Gasteiger partial charge in [-0.15, -0.1) is 0 Å². The summed E-state index contributed by atoms with van der Waals surface area (Å²) in [7, 11) is 6.79. The molecular formula is C19H19BrN4O3. The van der Waals surface area contributed by atoms with E-state index in [-0.39, 0.29) is 5.91 Å². The Morgan fingerprint density at radius 2 is 1.48 bits per heavy atom. The molecule has 0 aliphatic heterocycles. The Morgan fingerprint density at radius 3 is 2.00 bits per heavy atom. The molecule has 140 valence electrons. The van der Waals surface area contributed by atoms with Crippen LogP contribution in [-0.2, 0) is 14.1 Å². The highest BCUT2D eigenvalue weighted by atomic mass is 79.9. The number of rotatable bonds is 3. The zero-order chi connectivity index (χ0) is 19.9. The van der Waals surface area contributed by atoms with Gasteiger partial charge < -0.3 is 19.4 Å². The molecule has 0 aliphatic carbocycles. The number of aryl methyl sites for hydroxylation is 2. The molecule has 1 N–H and O–H groups in total. The van der Waals surface area contributed by atoms with E-state index in [9.17, 15) is 14.4 Å². The normalized spacial score (nSPS) is 10.9. The fourth-order valence-corrected chi connectivity index (χ4v) is 3.14. The second kappa shape index (κ2) is 7.03. The average molecular weight is 431 g/mol. The summed E-state index contributed by atoms with van der Waals surface area (Å²) in [5.41, 5.74) is 1.73. The van der Waals surface area contributed by atoms with Crippen molar-refractivity contribution in [2.45, 2.75) is 0 Å². The summed E-state index contributed by atoms with van der Waals surface area (Å²) in [6.07, 6.45) is 0. The van der Waals surface area contributed by atoms with Gasteiger partial charge in [0.25, 0.3) is 5.91 Å². The first-order chi connectivity index (χ1) is 12.7. The predicted octanol–water partition coefficient (Wildman–Crippen LogP) is 2.32. The lowest BCUT2D eigenvalue weighted by Gasteiger charge is -2.20. The molecular weight excluding hydrogens is 412 g/mol. The molecule has 1 aromatic heterocycles. The number of benzene rings is 2. The lowest BCUT2D eigenvalue weighted by Crippen LogP contribution is -2.39. The molecule has 0 atom stereocenters. The summed E-state index contributed by atoms with van der Waals surface area (Å²) in [4.78, 5) is 38.7. The van der Waals surface area contributed by atoms with Gasteiger partial charge in [-0.05, 0) is 36.4 Å². The largest absolute Gasteiger partial charge is 0.376 e. The number of fused-ring (bicyclic) bond motifs is 1. The van der Waals surface area contributed by atoms with E-state index in [1.54, 1.807) is 50.5 Å². The van der Waals surface area contributed by atoms with Gasteiger partial charge in [-0.2, -0.15) is 0 Å². The van der Waals surface area contributed by atoms with Gasteiger partial charge >= 0.3 is 11.1 Å². The number of aromatic nitrogens is 2. The predicted molar refractivity (Wildman–Crippen MR) is 111 cm³/mol. The van der Waals surface area contributed by atoms with Crippen molar-refractivity contribution in [3.63, 3.8) is 0 Å². The number of nitrogens with one attached hydrogen (secondary N) is 1. The first kappa shape index (κ1) is 18.9. The van der Waals surface area contributed by atoms with Crippen molar-refractivity contribution in [2.75, 3.05) is 24.3 Å². The van der Waals surface area contributed by atoms with Crippen LogP contribution >= 0.6 is 15.9 Å². The standard InChI is InChI=1S/C19H19BrN4O3/c1-22(2)14-10-16-15(23(3)18(26)19(27)24(16)4)9-13(14)21-17(25)11-5-7-12(20)8-6-11/h5-10H,1-4H3,(H,21,25). The minimum absolute atomic E-state index is 0.264. The highest BCUT2D eigenvalue weighted by molar-refractivity contribution is 9.10. The van der Waals surface area contributed by atoms with Gasteiger partial charge in [0.2, 0.25) is 0 Å². The first-order valence-electron chi connectivity index (χ1n) is 8.18. The maximum absolute atomic E-state index is 12.6. The molecule has 0 saturated heterocycles. The van der Waals surface area contributed by atoms with Gasteiger partial charge in [0.05, 0.1) is 22.4 Å². The summed E-state index contributed by atoms with van der Waals surface area (Å²) in [6.45, 7) is 0. The lowest BCUT2D eigenvalue weighted by molar-refractivity contribution is 0.102. The number of anilines is 2. The molecule has 1 amide bonds. The first-order valence-corrected chi connectivity index (χ1v) is 8.98. The number of carbonyl (C=O) groups is 1. The SMILES string of the molecule is CN(C)c1cc2c(cc1NC(=O)c1ccc(Br)cc1)n(C)c(=O)c(=O)n2C. The molecule has 0 spiro atoms. The molecule has 3 rings (SSSR count). The summed E-state index contributed by atoms with van der Waals surface area (Å²) in [6, 6.07) is 10.5. The zero-order valence-electron chi connectivity index (χ0n) is 15.4. The van der Waals surface area contributed by atoms with Crippen molar-refractivity contribution in [1.82, 2.24) is 9.13 Å². The second-order valence-electron chi connectivity index (χ2n) is 6.44. The van der Waals surface area contributed by atoms with Crippen LogP contribution in [0, 0.1) is 0 Å². The van der Waals surface area contributed by atoms with Gasteiger partial charge in [0.1, 0.15) is 0 Å². The van der Waals surface area contributed by atoms with Crippen LogP contribution < -0.4 is 21.3 Å². The van der Waals surface area contributed by atoms with E-state index >= 15 is 0 Å². The van der Waals surface area contributed by atoms with Crippen molar-refractivity contribution >= 4 is 44.2 Å². The summed E-state index contributed by atoms with van der Waals surface area (Å²) < 4.78 is 3.51. The number of halogens is 1. The van der Waals surface area contributed by atoms with Gasteiger partial charge in [-0.1, -0.05) is 15.9 Å². The van der Waals surface area contributed by atoms with Crippen molar-refractivity contribution in [1.29, 1.82) is 0 Å². The number of carbonyl (C=O) groups excluding carboxylic acids is 1. The Balaban J connectivity index is 2.18. The van der Waals surface area contributed by atoms with Crippen molar-refractivity contribution < 1.29 is 4.79 Å². The number of hydrogen-bond donors (Lipinski definition) is 1. The van der Waals surface area contributed by atoms with Crippen molar-refractivity contribution in [2.24, 2.45) is 14.1 Å². The minimum atomic E-state index is -0.618. The third kappa shape index (κ3) is 3.40. The molecule has 2 aromatic carbocycles. The van der Waals surface area contributed by atoms with Gasteiger partial charge in [0, 0.05) is 38.2 Å². The van der Waals surface area contributed by atoms with E-state index in [4.69, 9.17) is 0 Å². The van der Waals surface area contributed by atoms with E-state index in [0.717, 1.165) is 10.2 Å². The summed E-state index contributed by atoms with van der Waals surface area (Å²) in [5, 5.41) is 2.90. The van der Waals surface area contributed by atoms with Crippen LogP contribution in [0.4, 0.5) is 11.4 Å². The molecule has 0 saturated carbocycles. The molecule has 0 aliphatic rings. The quantitative estimate of drug-likeness (QED) is 0.646. The maximum Gasteiger partial charge on any atom is 0.316 e. The molecule has 3 aromatic rings. The van der Waals surface area contributed by atoms with Crippen molar-refractivity contribution in [3.8, 4) is 0 Å². The summed E-state index contributed by atoms with van der Waals surface area (Å²) in [5.74, 6) is -0.264. The van der Waals surface area contributed by atoms with Gasteiger partial charge in [-0.25, -0.2) is 0 Å². The van der Waals surface area contributed by atoms with E-state index in [0.29, 0.717) is 22.3 Å². The van der Waals surface area contributed by atoms with Gasteiger partial charge in [0.15, 0.2) is 0 Å². The van der Waals surface area contributed by atoms with Crippen molar-refractivity contribution in [3.05, 3.63) is 67.1 Å². The lowest BCUT2D eigenvalue weighted by atomic mass is 10.1. The van der Waals surface area contributed by atoms with Crippen LogP contribution in [0.2, 0.25) is 0 Å². The minimum Gasteiger partial charge on any atom is -0.376 e. The van der Waals surface area contributed by atoms with Crippen LogP contribution in [-0.4, -0.2) is 29.1 Å². The third-order valence-electron chi connectivity index (χ3n) is 4.44. The van der Waals surface area contributed by atoms with E-state index < -0.39 is 11.1 Å². The molecule has 8 heteroatoms. The third-order valence-corrected chi connectivity index (χ3v) is 4.97. The molecule has 1 heterocycles. The number of amides is 1. The Kier molecular flexibility index (Phi) is 4.93. The highest BCUT2D eigenvalue weighted by Gasteiger charge is 2.16. The van der Waals surface area contributed by atoms with E-state index in [1.807, 2.05) is 19.0 Å². The van der Waals surface area contributed by atoms with Crippen LogP contribution in [0.15, 0.2) is 50.5 Å². The molecule has 0 unspecified atom stereocenters. The Hall–Kier alpha value is -2.87. The highest BCUT2D eigenvalue weighted by Crippen LogP contribution is 2.29. The second-order valence-corrected chi connectivity index (χ2v) is 7.36. The van der Waals surface area contributed by atoms with Gasteiger partial charge in [-0.3, -0.25) is 14.4 Å². The van der Waals surface area contributed by atoms with Crippen LogP contribution in [0.1, 0.15) is 10.4 Å². The Bertz CT molecular complexity index is 1160. The number of hydrogen-bond acceptors (Lipinski definition) is 4. The Morgan fingerprint density at radius 1 is 0.963 bits per heavy atom. The smallest absolute Gasteiger partial charge is 0.316 e. The molecule has 27 heavy (non-hydrogen) atoms. The topological polar surface area (TPSA) is 76.3 Å². The fraction of sp³-hybridized carbons (Fsp3) is 0.211. The Labute approximate surface area is 164 Å². The molecule has 7 nitrogen and oxygen atoms in total. The van der Waals surface area contributed by atoms with E-state index in [1.165, 1.54) is 9.13 Å². The molecule has 0 fully saturated rings. The molecule has 0 radical (unpaired) electrons. The monoisotopic (exact) mass is 430 g/mol. The fourth-order valence-electron chi connectivity index (χ4n) is 2.87.